The lowest BCUT2D eigenvalue weighted by Gasteiger charge is -2.31. The molecule has 16 heavy (non-hydrogen) atoms. The third-order valence-corrected chi connectivity index (χ3v) is 3.26. The van der Waals surface area contributed by atoms with E-state index in [1.165, 1.54) is 16.8 Å². The maximum Gasteiger partial charge on any atom is 0.0642 e. The summed E-state index contributed by atoms with van der Waals surface area (Å²) in [6, 6.07) is 6.51. The van der Waals surface area contributed by atoms with Crippen LogP contribution in [0.1, 0.15) is 11.1 Å². The number of fused-ring (bicyclic) bond motifs is 1. The lowest BCUT2D eigenvalue weighted by Crippen LogP contribution is -2.37. The van der Waals surface area contributed by atoms with Crippen molar-refractivity contribution >= 4 is 11.9 Å². The summed E-state index contributed by atoms with van der Waals surface area (Å²) in [5, 5.41) is 0. The standard InChI is InChI=1S/C13H16N2O/c1-2-11-10-14-5-4-12(11)13(3-1)15-6-8-16-9-7-15/h1-3,10H,4-9H2. The Bertz CT molecular complexity index is 408. The molecule has 0 N–H and O–H groups in total. The van der Waals surface area contributed by atoms with Crippen molar-refractivity contribution < 1.29 is 4.74 Å². The van der Waals surface area contributed by atoms with Gasteiger partial charge < -0.3 is 9.64 Å². The van der Waals surface area contributed by atoms with Gasteiger partial charge in [0, 0.05) is 31.5 Å². The molecule has 3 nitrogen and oxygen atoms in total. The number of hydrogen-bond acceptors (Lipinski definition) is 3. The Balaban J connectivity index is 1.97. The van der Waals surface area contributed by atoms with Crippen LogP contribution in [0.3, 0.4) is 0 Å². The zero-order valence-corrected chi connectivity index (χ0v) is 9.35. The Morgan fingerprint density at radius 1 is 1.19 bits per heavy atom. The van der Waals surface area contributed by atoms with Crippen molar-refractivity contribution in [2.45, 2.75) is 6.42 Å². The molecule has 1 aromatic carbocycles. The zero-order chi connectivity index (χ0) is 10.8. The van der Waals surface area contributed by atoms with Gasteiger partial charge in [0.1, 0.15) is 0 Å². The Hall–Kier alpha value is -1.35. The smallest absolute Gasteiger partial charge is 0.0642 e. The number of nitrogens with zero attached hydrogens (tertiary/aromatic N) is 2. The fourth-order valence-electron chi connectivity index (χ4n) is 2.43. The largest absolute Gasteiger partial charge is 0.378 e. The fraction of sp³-hybridized carbons (Fsp3) is 0.462. The first-order valence-electron chi connectivity index (χ1n) is 5.89. The molecule has 0 amide bonds. The molecular formula is C13H16N2O. The van der Waals surface area contributed by atoms with Gasteiger partial charge in [0.05, 0.1) is 13.2 Å². The van der Waals surface area contributed by atoms with Gasteiger partial charge in [-0.3, -0.25) is 4.99 Å². The van der Waals surface area contributed by atoms with Crippen LogP contribution in [0.25, 0.3) is 0 Å². The highest BCUT2D eigenvalue weighted by molar-refractivity contribution is 5.85. The SMILES string of the molecule is C1=NCCc2c1cccc2N1CCOCC1. The first kappa shape index (κ1) is 9.85. The third-order valence-electron chi connectivity index (χ3n) is 3.26. The van der Waals surface area contributed by atoms with Crippen LogP contribution in [0, 0.1) is 0 Å². The molecule has 0 unspecified atom stereocenters. The van der Waals surface area contributed by atoms with Crippen molar-refractivity contribution in [3.8, 4) is 0 Å². The number of morpholine rings is 1. The third kappa shape index (κ3) is 1.71. The van der Waals surface area contributed by atoms with Crippen molar-refractivity contribution in [1.29, 1.82) is 0 Å². The fourth-order valence-corrected chi connectivity index (χ4v) is 2.43. The van der Waals surface area contributed by atoms with E-state index in [2.05, 4.69) is 28.1 Å². The molecule has 0 radical (unpaired) electrons. The van der Waals surface area contributed by atoms with Gasteiger partial charge in [-0.25, -0.2) is 0 Å². The molecule has 1 aromatic rings. The highest BCUT2D eigenvalue weighted by atomic mass is 16.5. The van der Waals surface area contributed by atoms with Gasteiger partial charge in [-0.05, 0) is 23.6 Å². The summed E-state index contributed by atoms with van der Waals surface area (Å²) in [4.78, 5) is 6.77. The molecular weight excluding hydrogens is 200 g/mol. The molecule has 0 spiro atoms. The second kappa shape index (κ2) is 4.26. The maximum absolute atomic E-state index is 5.40. The molecule has 2 aliphatic heterocycles. The topological polar surface area (TPSA) is 24.8 Å². The lowest BCUT2D eigenvalue weighted by atomic mass is 10.00. The van der Waals surface area contributed by atoms with Crippen LogP contribution in [-0.2, 0) is 11.2 Å². The highest BCUT2D eigenvalue weighted by Gasteiger charge is 2.17. The lowest BCUT2D eigenvalue weighted by molar-refractivity contribution is 0.122. The molecule has 0 aliphatic carbocycles. The molecule has 3 heteroatoms. The second-order valence-electron chi connectivity index (χ2n) is 4.23. The van der Waals surface area contributed by atoms with Crippen molar-refractivity contribution in [2.24, 2.45) is 4.99 Å². The molecule has 2 aliphatic rings. The number of benzene rings is 1. The van der Waals surface area contributed by atoms with E-state index in [1.54, 1.807) is 0 Å². The second-order valence-corrected chi connectivity index (χ2v) is 4.23. The molecule has 84 valence electrons. The number of rotatable bonds is 1. The average molecular weight is 216 g/mol. The summed E-state index contributed by atoms with van der Waals surface area (Å²) in [6.07, 6.45) is 3.07. The number of anilines is 1. The first-order chi connectivity index (χ1) is 7.95. The van der Waals surface area contributed by atoms with E-state index in [1.807, 2.05) is 6.21 Å². The van der Waals surface area contributed by atoms with Crippen molar-refractivity contribution in [3.63, 3.8) is 0 Å². The van der Waals surface area contributed by atoms with Crippen LogP contribution in [0.15, 0.2) is 23.2 Å². The molecule has 2 heterocycles. The molecule has 0 saturated carbocycles. The van der Waals surface area contributed by atoms with Crippen molar-refractivity contribution in [1.82, 2.24) is 0 Å². The summed E-state index contributed by atoms with van der Waals surface area (Å²) < 4.78 is 5.40. The summed E-state index contributed by atoms with van der Waals surface area (Å²) in [7, 11) is 0. The minimum absolute atomic E-state index is 0.845. The van der Waals surface area contributed by atoms with Crippen LogP contribution in [0.2, 0.25) is 0 Å². The Morgan fingerprint density at radius 3 is 2.94 bits per heavy atom. The van der Waals surface area contributed by atoms with Gasteiger partial charge in [0.25, 0.3) is 0 Å². The minimum Gasteiger partial charge on any atom is -0.378 e. The van der Waals surface area contributed by atoms with E-state index < -0.39 is 0 Å². The first-order valence-corrected chi connectivity index (χ1v) is 5.89. The quantitative estimate of drug-likeness (QED) is 0.710. The minimum atomic E-state index is 0.845. The van der Waals surface area contributed by atoms with Gasteiger partial charge in [-0.2, -0.15) is 0 Å². The van der Waals surface area contributed by atoms with Crippen molar-refractivity contribution in [3.05, 3.63) is 29.3 Å². The van der Waals surface area contributed by atoms with Gasteiger partial charge in [-0.1, -0.05) is 12.1 Å². The Labute approximate surface area is 95.7 Å². The van der Waals surface area contributed by atoms with E-state index >= 15 is 0 Å². The predicted molar refractivity (Wildman–Crippen MR) is 65.6 cm³/mol. The van der Waals surface area contributed by atoms with Gasteiger partial charge >= 0.3 is 0 Å². The Kier molecular flexibility index (Phi) is 2.62. The molecule has 3 rings (SSSR count). The van der Waals surface area contributed by atoms with Gasteiger partial charge in [-0.15, -0.1) is 0 Å². The zero-order valence-electron chi connectivity index (χ0n) is 9.35. The number of ether oxygens (including phenoxy) is 1. The van der Waals surface area contributed by atoms with Crippen LogP contribution < -0.4 is 4.90 Å². The Morgan fingerprint density at radius 2 is 2.06 bits per heavy atom. The normalized spacial score (nSPS) is 19.6. The molecule has 1 saturated heterocycles. The van der Waals surface area contributed by atoms with Gasteiger partial charge in [0.2, 0.25) is 0 Å². The molecule has 0 aromatic heterocycles. The summed E-state index contributed by atoms with van der Waals surface area (Å²) >= 11 is 0. The average Bonchev–Trinajstić information content (AvgIpc) is 2.39. The van der Waals surface area contributed by atoms with E-state index in [4.69, 9.17) is 4.74 Å². The monoisotopic (exact) mass is 216 g/mol. The van der Waals surface area contributed by atoms with Crippen molar-refractivity contribution in [2.75, 3.05) is 37.7 Å². The van der Waals surface area contributed by atoms with E-state index in [0.717, 1.165) is 39.3 Å². The van der Waals surface area contributed by atoms with E-state index in [0.29, 0.717) is 0 Å². The predicted octanol–water partition coefficient (Wildman–Crippen LogP) is 1.50. The summed E-state index contributed by atoms with van der Waals surface area (Å²) in [6.45, 7) is 4.63. The molecule has 0 bridgehead atoms. The van der Waals surface area contributed by atoms with Crippen LogP contribution >= 0.6 is 0 Å². The number of hydrogen-bond donors (Lipinski definition) is 0. The summed E-state index contributed by atoms with van der Waals surface area (Å²) in [5.41, 5.74) is 4.13. The number of aliphatic imine (C=N–C) groups is 1. The van der Waals surface area contributed by atoms with Crippen LogP contribution in [0.5, 0.6) is 0 Å². The molecule has 1 fully saturated rings. The van der Waals surface area contributed by atoms with E-state index in [9.17, 15) is 0 Å². The van der Waals surface area contributed by atoms with E-state index in [-0.39, 0.29) is 0 Å². The molecule has 0 atom stereocenters. The van der Waals surface area contributed by atoms with Crippen LogP contribution in [0.4, 0.5) is 5.69 Å². The maximum atomic E-state index is 5.40. The van der Waals surface area contributed by atoms with Gasteiger partial charge in [0.15, 0.2) is 0 Å². The van der Waals surface area contributed by atoms with Crippen LogP contribution in [-0.4, -0.2) is 39.1 Å². The highest BCUT2D eigenvalue weighted by Crippen LogP contribution is 2.26. The summed E-state index contributed by atoms with van der Waals surface area (Å²) in [5.74, 6) is 0.